The number of thiocarbonyl (C=S) groups is 1. The maximum Gasteiger partial charge on any atom is 0.170 e. The zero-order valence-electron chi connectivity index (χ0n) is 17.6. The maximum atomic E-state index is 6.09. The summed E-state index contributed by atoms with van der Waals surface area (Å²) in [5.74, 6) is 0.793. The molecule has 1 saturated carbocycles. The Morgan fingerprint density at radius 3 is 2.29 bits per heavy atom. The molecule has 0 atom stereocenters. The van der Waals surface area contributed by atoms with Crippen LogP contribution in [0.15, 0.2) is 66.9 Å². The van der Waals surface area contributed by atoms with Gasteiger partial charge in [-0.05, 0) is 73.9 Å². The number of nitrogens with one attached hydrogen (secondary N) is 3. The zero-order valence-corrected chi connectivity index (χ0v) is 19.2. The first kappa shape index (κ1) is 21.6. The molecule has 1 heterocycles. The van der Waals surface area contributed by atoms with Crippen molar-refractivity contribution in [3.63, 3.8) is 0 Å². The molecule has 0 aliphatic heterocycles. The minimum atomic E-state index is 0.108. The number of hydrogen-bond acceptors (Lipinski definition) is 3. The normalized spacial score (nSPS) is 14.8. The summed E-state index contributed by atoms with van der Waals surface area (Å²) >= 11 is 11.6. The van der Waals surface area contributed by atoms with E-state index >= 15 is 0 Å². The van der Waals surface area contributed by atoms with Crippen molar-refractivity contribution in [1.82, 2.24) is 10.3 Å². The number of anilines is 3. The molecule has 1 aromatic heterocycles. The van der Waals surface area contributed by atoms with Gasteiger partial charge in [0.25, 0.3) is 0 Å². The van der Waals surface area contributed by atoms with E-state index in [1.807, 2.05) is 36.4 Å². The van der Waals surface area contributed by atoms with E-state index in [2.05, 4.69) is 52.1 Å². The number of rotatable bonds is 6. The Hall–Kier alpha value is -2.63. The van der Waals surface area contributed by atoms with Crippen molar-refractivity contribution in [2.24, 2.45) is 0 Å². The van der Waals surface area contributed by atoms with Crippen molar-refractivity contribution in [2.45, 2.75) is 38.0 Å². The van der Waals surface area contributed by atoms with E-state index in [1.165, 1.54) is 24.0 Å². The first-order chi connectivity index (χ1) is 15.0. The number of halogens is 1. The molecule has 31 heavy (non-hydrogen) atoms. The highest BCUT2D eigenvalue weighted by Crippen LogP contribution is 2.41. The van der Waals surface area contributed by atoms with Crippen LogP contribution in [-0.2, 0) is 5.41 Å². The molecule has 4 nitrogen and oxygen atoms in total. The number of nitrogens with zero attached hydrogens (tertiary/aromatic N) is 1. The van der Waals surface area contributed by atoms with Gasteiger partial charge in [-0.1, -0.05) is 54.3 Å². The maximum absolute atomic E-state index is 6.09. The fourth-order valence-corrected chi connectivity index (χ4v) is 4.49. The zero-order chi connectivity index (χ0) is 21.7. The van der Waals surface area contributed by atoms with Crippen LogP contribution in [0.25, 0.3) is 0 Å². The van der Waals surface area contributed by atoms with Crippen LogP contribution in [0.3, 0.4) is 0 Å². The lowest BCUT2D eigenvalue weighted by atomic mass is 9.79. The number of hydrogen-bond donors (Lipinski definition) is 3. The second-order valence-electron chi connectivity index (χ2n) is 8.23. The molecule has 6 heteroatoms. The summed E-state index contributed by atoms with van der Waals surface area (Å²) in [5, 5.41) is 11.4. The molecule has 160 valence electrons. The monoisotopic (exact) mass is 450 g/mol. The standard InChI is InChI=1S/C25H27ClN4S/c1-18-4-10-21(11-5-18)29-23-13-12-22(16-27-23)30-24(31)28-17-25(14-2-3-15-25)19-6-8-20(26)9-7-19/h4-13,16H,2-3,14-15,17H2,1H3,(H,27,29)(H2,28,30,31). The highest BCUT2D eigenvalue weighted by Gasteiger charge is 2.35. The molecule has 1 aliphatic rings. The predicted molar refractivity (Wildman–Crippen MR) is 135 cm³/mol. The van der Waals surface area contributed by atoms with Gasteiger partial charge < -0.3 is 16.0 Å². The Morgan fingerprint density at radius 1 is 0.968 bits per heavy atom. The van der Waals surface area contributed by atoms with Gasteiger partial charge >= 0.3 is 0 Å². The molecule has 0 spiro atoms. The molecular weight excluding hydrogens is 424 g/mol. The summed E-state index contributed by atoms with van der Waals surface area (Å²) in [6, 6.07) is 20.4. The Balaban J connectivity index is 1.33. The van der Waals surface area contributed by atoms with Crippen molar-refractivity contribution < 1.29 is 0 Å². The molecule has 0 bridgehead atoms. The first-order valence-electron chi connectivity index (χ1n) is 10.6. The third-order valence-electron chi connectivity index (χ3n) is 5.95. The van der Waals surface area contributed by atoms with Crippen molar-refractivity contribution >= 4 is 46.1 Å². The fraction of sp³-hybridized carbons (Fsp3) is 0.280. The van der Waals surface area contributed by atoms with Gasteiger partial charge in [0, 0.05) is 22.7 Å². The lowest BCUT2D eigenvalue weighted by molar-refractivity contribution is 0.435. The Morgan fingerprint density at radius 2 is 1.65 bits per heavy atom. The number of pyridine rings is 1. The molecule has 3 aromatic rings. The summed E-state index contributed by atoms with van der Waals surface area (Å²) in [4.78, 5) is 4.48. The lowest BCUT2D eigenvalue weighted by Crippen LogP contribution is -2.40. The van der Waals surface area contributed by atoms with Crippen LogP contribution in [0.1, 0.15) is 36.8 Å². The molecule has 0 saturated heterocycles. The van der Waals surface area contributed by atoms with Gasteiger partial charge in [-0.3, -0.25) is 0 Å². The average molecular weight is 451 g/mol. The van der Waals surface area contributed by atoms with Gasteiger partial charge in [0.15, 0.2) is 5.11 Å². The SMILES string of the molecule is Cc1ccc(Nc2ccc(NC(=S)NCC3(c4ccc(Cl)cc4)CCCC3)cn2)cc1. The Labute approximate surface area is 194 Å². The van der Waals surface area contributed by atoms with Gasteiger partial charge in [0.05, 0.1) is 11.9 Å². The second kappa shape index (κ2) is 9.67. The summed E-state index contributed by atoms with van der Waals surface area (Å²) in [7, 11) is 0. The highest BCUT2D eigenvalue weighted by atomic mass is 35.5. The number of aryl methyl sites for hydroxylation is 1. The quantitative estimate of drug-likeness (QED) is 0.370. The topological polar surface area (TPSA) is 49.0 Å². The minimum absolute atomic E-state index is 0.108. The first-order valence-corrected chi connectivity index (χ1v) is 11.4. The van der Waals surface area contributed by atoms with Gasteiger partial charge in [-0.25, -0.2) is 4.98 Å². The molecular formula is C25H27ClN4S. The smallest absolute Gasteiger partial charge is 0.170 e. The molecule has 0 amide bonds. The fourth-order valence-electron chi connectivity index (χ4n) is 4.17. The van der Waals surface area contributed by atoms with Crippen LogP contribution in [0.5, 0.6) is 0 Å². The molecule has 4 rings (SSSR count). The van der Waals surface area contributed by atoms with Crippen LogP contribution < -0.4 is 16.0 Å². The van der Waals surface area contributed by atoms with E-state index in [0.717, 1.165) is 41.6 Å². The Bertz CT molecular complexity index is 1010. The molecule has 1 aliphatic carbocycles. The van der Waals surface area contributed by atoms with Gasteiger partial charge in [0.2, 0.25) is 0 Å². The lowest BCUT2D eigenvalue weighted by Gasteiger charge is -2.30. The van der Waals surface area contributed by atoms with Crippen LogP contribution >= 0.6 is 23.8 Å². The van der Waals surface area contributed by atoms with Crippen molar-refractivity contribution in [2.75, 3.05) is 17.2 Å². The molecule has 1 fully saturated rings. The van der Waals surface area contributed by atoms with E-state index in [9.17, 15) is 0 Å². The predicted octanol–water partition coefficient (Wildman–Crippen LogP) is 6.59. The van der Waals surface area contributed by atoms with Gasteiger partial charge in [0.1, 0.15) is 5.82 Å². The molecule has 0 radical (unpaired) electrons. The highest BCUT2D eigenvalue weighted by molar-refractivity contribution is 7.80. The minimum Gasteiger partial charge on any atom is -0.362 e. The van der Waals surface area contributed by atoms with Crippen LogP contribution in [0.2, 0.25) is 5.02 Å². The summed E-state index contributed by atoms with van der Waals surface area (Å²) in [5.41, 5.74) is 4.54. The van der Waals surface area contributed by atoms with E-state index in [1.54, 1.807) is 6.20 Å². The van der Waals surface area contributed by atoms with Crippen molar-refractivity contribution in [3.05, 3.63) is 83.0 Å². The third kappa shape index (κ3) is 5.54. The van der Waals surface area contributed by atoms with E-state index in [0.29, 0.717) is 5.11 Å². The molecule has 2 aromatic carbocycles. The van der Waals surface area contributed by atoms with Crippen LogP contribution in [-0.4, -0.2) is 16.6 Å². The van der Waals surface area contributed by atoms with E-state index < -0.39 is 0 Å². The van der Waals surface area contributed by atoms with E-state index in [4.69, 9.17) is 23.8 Å². The summed E-state index contributed by atoms with van der Waals surface area (Å²) < 4.78 is 0. The van der Waals surface area contributed by atoms with E-state index in [-0.39, 0.29) is 5.41 Å². The summed E-state index contributed by atoms with van der Waals surface area (Å²) in [6.45, 7) is 2.88. The van der Waals surface area contributed by atoms with Gasteiger partial charge in [-0.15, -0.1) is 0 Å². The molecule has 3 N–H and O–H groups in total. The molecule has 0 unspecified atom stereocenters. The third-order valence-corrected chi connectivity index (χ3v) is 6.45. The largest absolute Gasteiger partial charge is 0.362 e. The van der Waals surface area contributed by atoms with Crippen molar-refractivity contribution in [1.29, 1.82) is 0 Å². The van der Waals surface area contributed by atoms with Crippen LogP contribution in [0.4, 0.5) is 17.2 Å². The summed E-state index contributed by atoms with van der Waals surface area (Å²) in [6.07, 6.45) is 6.58. The Kier molecular flexibility index (Phi) is 6.73. The number of aromatic nitrogens is 1. The average Bonchev–Trinajstić information content (AvgIpc) is 3.26. The van der Waals surface area contributed by atoms with Gasteiger partial charge in [-0.2, -0.15) is 0 Å². The number of benzene rings is 2. The second-order valence-corrected chi connectivity index (χ2v) is 9.07. The van der Waals surface area contributed by atoms with Crippen LogP contribution in [0, 0.1) is 6.92 Å². The van der Waals surface area contributed by atoms with Crippen molar-refractivity contribution in [3.8, 4) is 0 Å².